The molecule has 5 heterocycles. The second-order valence-corrected chi connectivity index (χ2v) is 9.00. The summed E-state index contributed by atoms with van der Waals surface area (Å²) in [5.41, 5.74) is 4.76. The highest BCUT2D eigenvalue weighted by atomic mass is 35.5. The van der Waals surface area contributed by atoms with Gasteiger partial charge in [-0.15, -0.1) is 0 Å². The van der Waals surface area contributed by atoms with Gasteiger partial charge in [-0.3, -0.25) is 19.7 Å². The summed E-state index contributed by atoms with van der Waals surface area (Å²) in [6.45, 7) is 4.01. The molecule has 0 saturated carbocycles. The third-order valence-electron chi connectivity index (χ3n) is 6.11. The van der Waals surface area contributed by atoms with Crippen LogP contribution in [-0.2, 0) is 4.79 Å². The molecule has 1 amide bonds. The zero-order valence-electron chi connectivity index (χ0n) is 19.6. The molecule has 0 bridgehead atoms. The van der Waals surface area contributed by atoms with Gasteiger partial charge in [0.2, 0.25) is 5.91 Å². The molecule has 4 aromatic rings. The van der Waals surface area contributed by atoms with Crippen LogP contribution in [0.25, 0.3) is 33.5 Å². The summed E-state index contributed by atoms with van der Waals surface area (Å²) in [6.07, 6.45) is 4.97. The predicted octanol–water partition coefficient (Wildman–Crippen LogP) is 3.53. The van der Waals surface area contributed by atoms with Crippen molar-refractivity contribution in [2.24, 2.45) is 0 Å². The number of piperazine rings is 1. The fourth-order valence-electron chi connectivity index (χ4n) is 4.21. The Balaban J connectivity index is 1.46. The Labute approximate surface area is 208 Å². The molecule has 35 heavy (non-hydrogen) atoms. The zero-order chi connectivity index (χ0) is 24.4. The van der Waals surface area contributed by atoms with Crippen LogP contribution in [0.5, 0.6) is 5.75 Å². The quantitative estimate of drug-likeness (QED) is 0.425. The third-order valence-corrected chi connectivity index (χ3v) is 6.31. The molecule has 1 aliphatic heterocycles. The van der Waals surface area contributed by atoms with Gasteiger partial charge in [0.05, 0.1) is 52.9 Å². The molecule has 2 N–H and O–H groups in total. The number of nitrogens with zero attached hydrogens (tertiary/aromatic N) is 5. The van der Waals surface area contributed by atoms with Crippen LogP contribution in [0.3, 0.4) is 0 Å². The fraction of sp³-hybridized carbons (Fsp3) is 0.280. The van der Waals surface area contributed by atoms with Gasteiger partial charge in [-0.05, 0) is 37.4 Å². The molecule has 0 radical (unpaired) electrons. The number of likely N-dealkylation sites (N-methyl/N-ethyl adjacent to an activating group) is 1. The Bertz CT molecular complexity index is 1350. The van der Waals surface area contributed by atoms with E-state index in [4.69, 9.17) is 16.3 Å². The summed E-state index contributed by atoms with van der Waals surface area (Å²) < 4.78 is 5.26. The van der Waals surface area contributed by atoms with E-state index < -0.39 is 0 Å². The number of hydrogen-bond donors (Lipinski definition) is 2. The summed E-state index contributed by atoms with van der Waals surface area (Å²) in [5, 5.41) is 3.47. The monoisotopic (exact) mass is 491 g/mol. The second-order valence-electron chi connectivity index (χ2n) is 8.57. The topological polar surface area (TPSA) is 99.3 Å². The van der Waals surface area contributed by atoms with E-state index in [9.17, 15) is 4.79 Å². The van der Waals surface area contributed by atoms with Gasteiger partial charge in [0.25, 0.3) is 0 Å². The number of carbonyl (C=O) groups is 1. The summed E-state index contributed by atoms with van der Waals surface area (Å²) in [7, 11) is 3.70. The Morgan fingerprint density at radius 2 is 1.94 bits per heavy atom. The van der Waals surface area contributed by atoms with Crippen LogP contribution in [0.4, 0.5) is 5.82 Å². The van der Waals surface area contributed by atoms with Gasteiger partial charge in [0, 0.05) is 44.1 Å². The van der Waals surface area contributed by atoms with Crippen molar-refractivity contribution in [3.63, 3.8) is 0 Å². The van der Waals surface area contributed by atoms with Crippen molar-refractivity contribution in [3.05, 3.63) is 53.9 Å². The molecule has 1 saturated heterocycles. The van der Waals surface area contributed by atoms with Gasteiger partial charge in [-0.2, -0.15) is 0 Å². The van der Waals surface area contributed by atoms with Crippen molar-refractivity contribution >= 4 is 34.4 Å². The molecule has 0 spiro atoms. The number of aromatic nitrogens is 4. The number of nitrogens with one attached hydrogen (secondary N) is 2. The predicted molar refractivity (Wildman–Crippen MR) is 137 cm³/mol. The maximum atomic E-state index is 12.7. The molecule has 180 valence electrons. The maximum Gasteiger partial charge on any atom is 0.239 e. The average molecular weight is 492 g/mol. The number of anilines is 1. The van der Waals surface area contributed by atoms with Crippen molar-refractivity contribution in [2.75, 3.05) is 52.2 Å². The highest BCUT2D eigenvalue weighted by molar-refractivity contribution is 6.31. The van der Waals surface area contributed by atoms with Gasteiger partial charge in [0.15, 0.2) is 0 Å². The van der Waals surface area contributed by atoms with Gasteiger partial charge >= 0.3 is 0 Å². The van der Waals surface area contributed by atoms with Gasteiger partial charge in [-0.1, -0.05) is 11.6 Å². The average Bonchev–Trinajstić information content (AvgIpc) is 3.24. The second kappa shape index (κ2) is 9.99. The first-order valence-corrected chi connectivity index (χ1v) is 11.7. The van der Waals surface area contributed by atoms with E-state index in [1.54, 1.807) is 25.7 Å². The molecule has 9 nitrogen and oxygen atoms in total. The molecule has 1 fully saturated rings. The summed E-state index contributed by atoms with van der Waals surface area (Å²) in [4.78, 5) is 34.0. The summed E-state index contributed by atoms with van der Waals surface area (Å²) in [6, 6.07) is 9.32. The Morgan fingerprint density at radius 3 is 2.69 bits per heavy atom. The van der Waals surface area contributed by atoms with E-state index in [-0.39, 0.29) is 5.91 Å². The third kappa shape index (κ3) is 5.12. The van der Waals surface area contributed by atoms with Crippen molar-refractivity contribution in [2.45, 2.75) is 0 Å². The molecule has 5 rings (SSSR count). The first kappa shape index (κ1) is 23.2. The van der Waals surface area contributed by atoms with Crippen LogP contribution in [0, 0.1) is 0 Å². The number of ether oxygens (including phenoxy) is 1. The molecule has 4 aromatic heterocycles. The lowest BCUT2D eigenvalue weighted by atomic mass is 10.0. The summed E-state index contributed by atoms with van der Waals surface area (Å²) in [5.74, 6) is 1.07. The van der Waals surface area contributed by atoms with Crippen LogP contribution in [0.15, 0.2) is 48.9 Å². The standard InChI is InChI=1S/C25H26ClN7O2/c1-32-7-9-33(10-8-32)15-22(34)31-21-11-16(5-6-27-21)24-23(19-4-3-18(35-2)14-28-19)25-20(30-24)12-17(26)13-29-25/h3-6,11-14,30H,7-10,15H2,1-2H3,(H,27,31,34). The van der Waals surface area contributed by atoms with Crippen LogP contribution in [0.2, 0.25) is 5.02 Å². The molecule has 0 atom stereocenters. The first-order valence-electron chi connectivity index (χ1n) is 11.3. The fourth-order valence-corrected chi connectivity index (χ4v) is 4.37. The van der Waals surface area contributed by atoms with E-state index in [1.165, 1.54) is 0 Å². The van der Waals surface area contributed by atoms with Gasteiger partial charge < -0.3 is 19.9 Å². The highest BCUT2D eigenvalue weighted by Gasteiger charge is 2.20. The first-order chi connectivity index (χ1) is 17.0. The number of fused-ring (bicyclic) bond motifs is 1. The number of amides is 1. The van der Waals surface area contributed by atoms with Gasteiger partial charge in [-0.25, -0.2) is 4.98 Å². The van der Waals surface area contributed by atoms with Crippen molar-refractivity contribution in [1.82, 2.24) is 29.7 Å². The molecule has 0 unspecified atom stereocenters. The van der Waals surface area contributed by atoms with Crippen molar-refractivity contribution in [3.8, 4) is 28.3 Å². The Morgan fingerprint density at radius 1 is 1.11 bits per heavy atom. The van der Waals surface area contributed by atoms with Crippen LogP contribution >= 0.6 is 11.6 Å². The van der Waals surface area contributed by atoms with E-state index in [0.29, 0.717) is 23.1 Å². The van der Waals surface area contributed by atoms with E-state index in [1.807, 2.05) is 30.3 Å². The number of hydrogen-bond acceptors (Lipinski definition) is 7. The number of rotatable bonds is 6. The lowest BCUT2D eigenvalue weighted by Crippen LogP contribution is -2.47. The largest absolute Gasteiger partial charge is 0.495 e. The smallest absolute Gasteiger partial charge is 0.239 e. The maximum absolute atomic E-state index is 12.7. The van der Waals surface area contributed by atoms with Crippen molar-refractivity contribution in [1.29, 1.82) is 0 Å². The van der Waals surface area contributed by atoms with Gasteiger partial charge in [0.1, 0.15) is 11.6 Å². The minimum Gasteiger partial charge on any atom is -0.495 e. The Hall–Kier alpha value is -3.53. The Kier molecular flexibility index (Phi) is 6.63. The lowest BCUT2D eigenvalue weighted by Gasteiger charge is -2.31. The number of aromatic amines is 1. The minimum absolute atomic E-state index is 0.0821. The normalized spacial score (nSPS) is 14.8. The zero-order valence-corrected chi connectivity index (χ0v) is 20.3. The molecule has 1 aliphatic rings. The molecular formula is C25H26ClN7O2. The van der Waals surface area contributed by atoms with E-state index in [0.717, 1.165) is 59.7 Å². The molecular weight excluding hydrogens is 466 g/mol. The number of methoxy groups -OCH3 is 1. The summed E-state index contributed by atoms with van der Waals surface area (Å²) >= 11 is 6.20. The number of pyridine rings is 3. The minimum atomic E-state index is -0.0821. The van der Waals surface area contributed by atoms with E-state index >= 15 is 0 Å². The molecule has 0 aliphatic carbocycles. The van der Waals surface area contributed by atoms with Crippen LogP contribution < -0.4 is 10.1 Å². The lowest BCUT2D eigenvalue weighted by molar-refractivity contribution is -0.117. The molecule has 0 aromatic carbocycles. The SMILES string of the molecule is COc1ccc(-c2c(-c3ccnc(NC(=O)CN4CCN(C)CC4)c3)[nH]c3cc(Cl)cnc23)nc1. The number of halogens is 1. The van der Waals surface area contributed by atoms with Crippen molar-refractivity contribution < 1.29 is 9.53 Å². The van der Waals surface area contributed by atoms with Crippen LogP contribution in [-0.4, -0.2) is 82.5 Å². The highest BCUT2D eigenvalue weighted by Crippen LogP contribution is 2.37. The van der Waals surface area contributed by atoms with E-state index in [2.05, 4.69) is 42.1 Å². The number of carbonyl (C=O) groups excluding carboxylic acids is 1. The molecule has 10 heteroatoms. The number of H-pyrrole nitrogens is 1. The van der Waals surface area contributed by atoms with Crippen LogP contribution in [0.1, 0.15) is 0 Å².